The number of ketones is 1. The standard InChI is InChI=1S/C33H35N5O7/c1-21(24-7-3-2-4-8-24)37-30(41)20-36-33(44)28(39)18-35-32(43)27-17-23-6-5-9-26(16-23)45-25-13-10-22(11-14-25)12-15-29(40)34-19-31(42)38-27/h2-11,13-14,16,21,27H,12,15,17-20H2,1H3,(H,34,40)(H,35,43)(H,36,44)(H,37,41)(H,38,42). The van der Waals surface area contributed by atoms with Crippen molar-refractivity contribution < 1.29 is 33.5 Å². The minimum atomic E-state index is -1.14. The van der Waals surface area contributed by atoms with Crippen molar-refractivity contribution in [3.8, 4) is 11.5 Å². The van der Waals surface area contributed by atoms with Crippen molar-refractivity contribution in [2.24, 2.45) is 0 Å². The fourth-order valence-corrected chi connectivity index (χ4v) is 4.56. The normalized spacial score (nSPS) is 15.7. The van der Waals surface area contributed by atoms with Crippen LogP contribution in [0, 0.1) is 0 Å². The van der Waals surface area contributed by atoms with Gasteiger partial charge in [0, 0.05) is 12.8 Å². The summed E-state index contributed by atoms with van der Waals surface area (Å²) in [5, 5.41) is 12.5. The Kier molecular flexibility index (Phi) is 11.4. The van der Waals surface area contributed by atoms with E-state index in [4.69, 9.17) is 4.74 Å². The Bertz CT molecular complexity index is 1540. The Morgan fingerprint density at radius 1 is 0.822 bits per heavy atom. The Hall–Kier alpha value is -5.52. The predicted molar refractivity (Wildman–Crippen MR) is 164 cm³/mol. The maximum atomic E-state index is 13.1. The molecule has 2 aliphatic rings. The third-order valence-electron chi connectivity index (χ3n) is 7.00. The number of carbonyl (C=O) groups is 6. The minimum absolute atomic E-state index is 0.0296. The highest BCUT2D eigenvalue weighted by Crippen LogP contribution is 2.23. The molecule has 234 valence electrons. The summed E-state index contributed by atoms with van der Waals surface area (Å²) in [6, 6.07) is 22.1. The minimum Gasteiger partial charge on any atom is -0.457 e. The van der Waals surface area contributed by atoms with E-state index in [9.17, 15) is 28.8 Å². The van der Waals surface area contributed by atoms with Gasteiger partial charge >= 0.3 is 0 Å². The van der Waals surface area contributed by atoms with E-state index in [1.807, 2.05) is 42.5 Å². The average molecular weight is 614 g/mol. The Labute approximate surface area is 260 Å². The van der Waals surface area contributed by atoms with E-state index in [1.165, 1.54) is 0 Å². The van der Waals surface area contributed by atoms with Gasteiger partial charge < -0.3 is 31.3 Å². The van der Waals surface area contributed by atoms with Crippen LogP contribution in [0.15, 0.2) is 78.9 Å². The van der Waals surface area contributed by atoms with E-state index in [0.717, 1.165) is 11.1 Å². The lowest BCUT2D eigenvalue weighted by Gasteiger charge is -2.19. The van der Waals surface area contributed by atoms with Gasteiger partial charge in [0.05, 0.1) is 25.7 Å². The summed E-state index contributed by atoms with van der Waals surface area (Å²) in [6.07, 6.45) is 0.658. The zero-order chi connectivity index (χ0) is 32.2. The quantitative estimate of drug-likeness (QED) is 0.238. The lowest BCUT2D eigenvalue weighted by Crippen LogP contribution is -2.52. The summed E-state index contributed by atoms with van der Waals surface area (Å²) in [5.41, 5.74) is 2.46. The highest BCUT2D eigenvalue weighted by Gasteiger charge is 2.24. The number of fused-ring (bicyclic) bond motifs is 10. The molecule has 0 radical (unpaired) electrons. The summed E-state index contributed by atoms with van der Waals surface area (Å²) in [7, 11) is 0. The van der Waals surface area contributed by atoms with Gasteiger partial charge in [-0.15, -0.1) is 0 Å². The maximum absolute atomic E-state index is 13.1. The highest BCUT2D eigenvalue weighted by molar-refractivity contribution is 6.37. The summed E-state index contributed by atoms with van der Waals surface area (Å²) >= 11 is 0. The third kappa shape index (κ3) is 10.3. The molecule has 2 atom stereocenters. The molecule has 0 saturated carbocycles. The van der Waals surface area contributed by atoms with Crippen LogP contribution in [0.1, 0.15) is 36.1 Å². The lowest BCUT2D eigenvalue weighted by atomic mass is 10.0. The van der Waals surface area contributed by atoms with E-state index in [0.29, 0.717) is 23.5 Å². The second-order valence-corrected chi connectivity index (χ2v) is 10.5. The molecule has 2 unspecified atom stereocenters. The SMILES string of the molecule is CC(NC(=O)CNC(=O)C(=O)CNC(=O)C1Cc2cccc(c2)Oc2ccc(cc2)CCC(=O)NCC(=O)N1)c1ccccc1. The summed E-state index contributed by atoms with van der Waals surface area (Å²) in [4.78, 5) is 75.1. The summed E-state index contributed by atoms with van der Waals surface area (Å²) in [6.45, 7) is 0.353. The summed E-state index contributed by atoms with van der Waals surface area (Å²) in [5.74, 6) is -3.06. The molecule has 12 nitrogen and oxygen atoms in total. The lowest BCUT2D eigenvalue weighted by molar-refractivity contribution is -0.139. The molecule has 5 rings (SSSR count). The molecule has 12 heteroatoms. The van der Waals surface area contributed by atoms with Crippen molar-refractivity contribution in [2.75, 3.05) is 19.6 Å². The number of amides is 5. The molecule has 2 aliphatic heterocycles. The van der Waals surface area contributed by atoms with E-state index < -0.39 is 48.5 Å². The van der Waals surface area contributed by atoms with Crippen LogP contribution in [0.4, 0.5) is 0 Å². The number of hydrogen-bond acceptors (Lipinski definition) is 7. The molecule has 4 bridgehead atoms. The Morgan fingerprint density at radius 3 is 2.33 bits per heavy atom. The monoisotopic (exact) mass is 613 g/mol. The van der Waals surface area contributed by atoms with Crippen molar-refractivity contribution >= 4 is 35.3 Å². The smallest absolute Gasteiger partial charge is 0.289 e. The van der Waals surface area contributed by atoms with Gasteiger partial charge in [0.1, 0.15) is 17.5 Å². The largest absolute Gasteiger partial charge is 0.457 e. The number of rotatable bonds is 8. The molecule has 2 heterocycles. The van der Waals surface area contributed by atoms with E-state index in [2.05, 4.69) is 26.6 Å². The highest BCUT2D eigenvalue weighted by atomic mass is 16.5. The Morgan fingerprint density at radius 2 is 1.58 bits per heavy atom. The maximum Gasteiger partial charge on any atom is 0.289 e. The fraction of sp³-hybridized carbons (Fsp3) is 0.273. The number of benzene rings is 3. The van der Waals surface area contributed by atoms with Crippen molar-refractivity contribution in [1.82, 2.24) is 26.6 Å². The van der Waals surface area contributed by atoms with Crippen molar-refractivity contribution in [1.29, 1.82) is 0 Å². The molecule has 5 amide bonds. The fourth-order valence-electron chi connectivity index (χ4n) is 4.56. The number of ether oxygens (including phenoxy) is 1. The van der Waals surface area contributed by atoms with Crippen LogP contribution in [0.3, 0.4) is 0 Å². The molecule has 0 spiro atoms. The van der Waals surface area contributed by atoms with Crippen molar-refractivity contribution in [3.05, 3.63) is 95.6 Å². The first-order valence-electron chi connectivity index (χ1n) is 14.5. The number of hydrogen-bond donors (Lipinski definition) is 5. The first-order chi connectivity index (χ1) is 21.7. The zero-order valence-corrected chi connectivity index (χ0v) is 24.8. The topological polar surface area (TPSA) is 172 Å². The van der Waals surface area contributed by atoms with Gasteiger partial charge in [-0.3, -0.25) is 28.8 Å². The molecule has 5 N–H and O–H groups in total. The van der Waals surface area contributed by atoms with Crippen LogP contribution < -0.4 is 31.3 Å². The molecule has 3 aromatic rings. The predicted octanol–water partition coefficient (Wildman–Crippen LogP) is 1.25. The van der Waals surface area contributed by atoms with E-state index >= 15 is 0 Å². The second-order valence-electron chi connectivity index (χ2n) is 10.5. The van der Waals surface area contributed by atoms with E-state index in [-0.39, 0.29) is 31.3 Å². The van der Waals surface area contributed by atoms with Crippen LogP contribution >= 0.6 is 0 Å². The molecular weight excluding hydrogens is 578 g/mol. The number of aryl methyl sites for hydroxylation is 1. The molecular formula is C33H35N5O7. The van der Waals surface area contributed by atoms with E-state index in [1.54, 1.807) is 43.3 Å². The Balaban J connectivity index is 1.35. The number of carbonyl (C=O) groups excluding carboxylic acids is 6. The summed E-state index contributed by atoms with van der Waals surface area (Å²) < 4.78 is 5.94. The first kappa shape index (κ1) is 32.4. The zero-order valence-electron chi connectivity index (χ0n) is 24.8. The molecule has 0 aromatic heterocycles. The first-order valence-corrected chi connectivity index (χ1v) is 14.5. The number of Topliss-reactive ketones (excluding diaryl/α,β-unsaturated/α-hetero) is 1. The third-order valence-corrected chi connectivity index (χ3v) is 7.00. The van der Waals surface area contributed by atoms with Crippen LogP contribution in [-0.4, -0.2) is 61.0 Å². The van der Waals surface area contributed by atoms with Gasteiger partial charge in [-0.25, -0.2) is 0 Å². The molecule has 0 aliphatic carbocycles. The van der Waals surface area contributed by atoms with Gasteiger partial charge in [0.25, 0.3) is 5.91 Å². The second kappa shape index (κ2) is 15.8. The van der Waals surface area contributed by atoms with Crippen LogP contribution in [0.5, 0.6) is 11.5 Å². The van der Waals surface area contributed by atoms with Crippen LogP contribution in [0.25, 0.3) is 0 Å². The molecule has 45 heavy (non-hydrogen) atoms. The number of nitrogens with one attached hydrogen (secondary N) is 5. The molecule has 0 fully saturated rings. The van der Waals surface area contributed by atoms with Crippen molar-refractivity contribution in [2.45, 2.75) is 38.3 Å². The molecule has 3 aromatic carbocycles. The average Bonchev–Trinajstić information content (AvgIpc) is 3.04. The van der Waals surface area contributed by atoms with Gasteiger partial charge in [-0.2, -0.15) is 0 Å². The molecule has 0 saturated heterocycles. The van der Waals surface area contributed by atoms with Crippen LogP contribution in [-0.2, 0) is 41.6 Å². The van der Waals surface area contributed by atoms with Crippen molar-refractivity contribution in [3.63, 3.8) is 0 Å². The van der Waals surface area contributed by atoms with Crippen LogP contribution in [0.2, 0.25) is 0 Å². The van der Waals surface area contributed by atoms with Gasteiger partial charge in [0.2, 0.25) is 29.4 Å². The van der Waals surface area contributed by atoms with Gasteiger partial charge in [0.15, 0.2) is 0 Å². The van der Waals surface area contributed by atoms with Gasteiger partial charge in [-0.1, -0.05) is 54.6 Å². The van der Waals surface area contributed by atoms with Gasteiger partial charge in [-0.05, 0) is 54.3 Å².